The molecule has 2 N–H and O–H groups in total. The van der Waals surface area contributed by atoms with E-state index < -0.39 is 0 Å². The second-order valence-electron chi connectivity index (χ2n) is 7.33. The lowest BCUT2D eigenvalue weighted by Gasteiger charge is -2.36. The van der Waals surface area contributed by atoms with Crippen LogP contribution in [0.25, 0.3) is 0 Å². The average Bonchev–Trinajstić information content (AvgIpc) is 2.95. The van der Waals surface area contributed by atoms with Crippen LogP contribution in [0.4, 0.5) is 0 Å². The van der Waals surface area contributed by atoms with E-state index in [1.807, 2.05) is 11.9 Å². The first-order chi connectivity index (χ1) is 10.0. The maximum Gasteiger partial charge on any atom is 0.236 e. The van der Waals surface area contributed by atoms with E-state index in [1.165, 1.54) is 44.9 Å². The number of carbonyl (C=O) groups is 1. The van der Waals surface area contributed by atoms with Crippen LogP contribution < -0.4 is 5.73 Å². The molecule has 2 saturated carbocycles. The van der Waals surface area contributed by atoms with Gasteiger partial charge in [-0.25, -0.2) is 0 Å². The predicted molar refractivity (Wildman–Crippen MR) is 87.0 cm³/mol. The summed E-state index contributed by atoms with van der Waals surface area (Å²) >= 11 is 0. The predicted octanol–water partition coefficient (Wildman–Crippen LogP) is 2.08. The lowest BCUT2D eigenvalue weighted by atomic mass is 9.87. The minimum absolute atomic E-state index is 0.278. The first-order valence-corrected chi connectivity index (χ1v) is 8.69. The number of amides is 1. The number of likely N-dealkylation sites (N-methyl/N-ethyl adjacent to an activating group) is 2. The number of carbonyl (C=O) groups excluding carboxylic acids is 1. The molecule has 2 atom stereocenters. The van der Waals surface area contributed by atoms with Crippen LogP contribution in [0.5, 0.6) is 0 Å². The molecule has 4 nitrogen and oxygen atoms in total. The van der Waals surface area contributed by atoms with Crippen molar-refractivity contribution in [1.29, 1.82) is 0 Å². The first-order valence-electron chi connectivity index (χ1n) is 8.69. The molecule has 0 aromatic rings. The van der Waals surface area contributed by atoms with E-state index in [4.69, 9.17) is 5.73 Å². The van der Waals surface area contributed by atoms with Gasteiger partial charge in [-0.2, -0.15) is 0 Å². The van der Waals surface area contributed by atoms with Crippen LogP contribution in [0.1, 0.15) is 51.9 Å². The maximum absolute atomic E-state index is 12.5. The Morgan fingerprint density at radius 2 is 1.76 bits per heavy atom. The highest BCUT2D eigenvalue weighted by atomic mass is 16.2. The fourth-order valence-electron chi connectivity index (χ4n) is 4.15. The lowest BCUT2D eigenvalue weighted by molar-refractivity contribution is -0.134. The fourth-order valence-corrected chi connectivity index (χ4v) is 4.15. The molecule has 122 valence electrons. The third kappa shape index (κ3) is 4.19. The molecule has 2 unspecified atom stereocenters. The SMILES string of the molecule is CC1CCC(N(C)C(=O)CN(C)C2CCCC2CN)CC1. The summed E-state index contributed by atoms with van der Waals surface area (Å²) in [6.07, 6.45) is 8.52. The van der Waals surface area contributed by atoms with Gasteiger partial charge < -0.3 is 10.6 Å². The largest absolute Gasteiger partial charge is 0.342 e. The molecule has 21 heavy (non-hydrogen) atoms. The number of hydrogen-bond acceptors (Lipinski definition) is 3. The summed E-state index contributed by atoms with van der Waals surface area (Å²) in [7, 11) is 4.08. The van der Waals surface area contributed by atoms with Gasteiger partial charge in [0.1, 0.15) is 0 Å². The Bertz CT molecular complexity index is 339. The minimum Gasteiger partial charge on any atom is -0.342 e. The third-order valence-electron chi connectivity index (χ3n) is 5.80. The summed E-state index contributed by atoms with van der Waals surface area (Å²) in [5.41, 5.74) is 5.86. The summed E-state index contributed by atoms with van der Waals surface area (Å²) in [6.45, 7) is 3.61. The summed E-state index contributed by atoms with van der Waals surface area (Å²) < 4.78 is 0. The smallest absolute Gasteiger partial charge is 0.236 e. The number of nitrogens with two attached hydrogens (primary N) is 1. The Balaban J connectivity index is 1.82. The molecule has 0 aromatic heterocycles. The van der Waals surface area contributed by atoms with Crippen LogP contribution in [0.15, 0.2) is 0 Å². The second-order valence-corrected chi connectivity index (χ2v) is 7.33. The standard InChI is InChI=1S/C17H33N3O/c1-13-7-9-15(10-8-13)20(3)17(21)12-19(2)16-6-4-5-14(16)11-18/h13-16H,4-12,18H2,1-3H3. The van der Waals surface area contributed by atoms with Crippen molar-refractivity contribution in [2.24, 2.45) is 17.6 Å². The number of rotatable bonds is 5. The molecule has 4 heteroatoms. The highest BCUT2D eigenvalue weighted by Gasteiger charge is 2.31. The van der Waals surface area contributed by atoms with E-state index in [1.54, 1.807) is 0 Å². The van der Waals surface area contributed by atoms with Crippen LogP contribution in [0, 0.1) is 11.8 Å². The van der Waals surface area contributed by atoms with Gasteiger partial charge in [0.25, 0.3) is 0 Å². The van der Waals surface area contributed by atoms with Crippen molar-refractivity contribution in [3.63, 3.8) is 0 Å². The molecule has 0 bridgehead atoms. The van der Waals surface area contributed by atoms with Gasteiger partial charge in [-0.3, -0.25) is 9.69 Å². The van der Waals surface area contributed by atoms with Gasteiger partial charge in [0.2, 0.25) is 5.91 Å². The van der Waals surface area contributed by atoms with Gasteiger partial charge in [0.05, 0.1) is 6.54 Å². The van der Waals surface area contributed by atoms with E-state index in [9.17, 15) is 4.79 Å². The molecular formula is C17H33N3O. The van der Waals surface area contributed by atoms with E-state index >= 15 is 0 Å². The minimum atomic E-state index is 0.278. The van der Waals surface area contributed by atoms with Gasteiger partial charge in [-0.05, 0) is 64.0 Å². The van der Waals surface area contributed by atoms with E-state index in [0.29, 0.717) is 24.5 Å². The van der Waals surface area contributed by atoms with Crippen molar-refractivity contribution in [2.75, 3.05) is 27.2 Å². The summed E-state index contributed by atoms with van der Waals surface area (Å²) in [5.74, 6) is 1.68. The topological polar surface area (TPSA) is 49.6 Å². The van der Waals surface area contributed by atoms with Gasteiger partial charge >= 0.3 is 0 Å². The average molecular weight is 295 g/mol. The molecule has 0 heterocycles. The quantitative estimate of drug-likeness (QED) is 0.845. The van der Waals surface area contributed by atoms with Crippen molar-refractivity contribution < 1.29 is 4.79 Å². The molecule has 2 aliphatic rings. The summed E-state index contributed by atoms with van der Waals surface area (Å²) in [6, 6.07) is 0.953. The van der Waals surface area contributed by atoms with Gasteiger partial charge in [-0.15, -0.1) is 0 Å². The highest BCUT2D eigenvalue weighted by Crippen LogP contribution is 2.29. The van der Waals surface area contributed by atoms with Crippen LogP contribution in [-0.4, -0.2) is 55.0 Å². The van der Waals surface area contributed by atoms with Crippen molar-refractivity contribution in [1.82, 2.24) is 9.80 Å². The Morgan fingerprint density at radius 1 is 1.10 bits per heavy atom. The first kappa shape index (κ1) is 16.8. The molecule has 2 aliphatic carbocycles. The Labute approximate surface area is 130 Å². The number of hydrogen-bond donors (Lipinski definition) is 1. The zero-order valence-corrected chi connectivity index (χ0v) is 14.1. The van der Waals surface area contributed by atoms with Gasteiger partial charge in [-0.1, -0.05) is 13.3 Å². The normalized spacial score (nSPS) is 33.4. The zero-order chi connectivity index (χ0) is 15.4. The number of nitrogens with zero attached hydrogens (tertiary/aromatic N) is 2. The van der Waals surface area contributed by atoms with Crippen molar-refractivity contribution in [2.45, 2.75) is 64.0 Å². The summed E-state index contributed by atoms with van der Waals surface area (Å²) in [5, 5.41) is 0. The molecule has 0 saturated heterocycles. The van der Waals surface area contributed by atoms with Crippen molar-refractivity contribution >= 4 is 5.91 Å². The van der Waals surface area contributed by atoms with Crippen molar-refractivity contribution in [3.8, 4) is 0 Å². The Hall–Kier alpha value is -0.610. The lowest BCUT2D eigenvalue weighted by Crippen LogP contribution is -2.47. The Morgan fingerprint density at radius 3 is 2.38 bits per heavy atom. The Kier molecular flexibility index (Phi) is 6.06. The van der Waals surface area contributed by atoms with Crippen LogP contribution in [0.2, 0.25) is 0 Å². The second kappa shape index (κ2) is 7.59. The molecule has 1 amide bonds. The van der Waals surface area contributed by atoms with Gasteiger partial charge in [0, 0.05) is 19.1 Å². The molecule has 2 fully saturated rings. The molecule has 2 rings (SSSR count). The molecule has 0 aromatic carbocycles. The molecule has 0 radical (unpaired) electrons. The molecular weight excluding hydrogens is 262 g/mol. The fraction of sp³-hybridized carbons (Fsp3) is 0.941. The third-order valence-corrected chi connectivity index (χ3v) is 5.80. The molecule has 0 aliphatic heterocycles. The highest BCUT2D eigenvalue weighted by molar-refractivity contribution is 5.78. The molecule has 0 spiro atoms. The van der Waals surface area contributed by atoms with Crippen LogP contribution in [0.3, 0.4) is 0 Å². The van der Waals surface area contributed by atoms with E-state index in [-0.39, 0.29) is 5.91 Å². The van der Waals surface area contributed by atoms with Crippen molar-refractivity contribution in [3.05, 3.63) is 0 Å². The van der Waals surface area contributed by atoms with E-state index in [2.05, 4.69) is 18.9 Å². The van der Waals surface area contributed by atoms with Gasteiger partial charge in [0.15, 0.2) is 0 Å². The zero-order valence-electron chi connectivity index (χ0n) is 14.1. The maximum atomic E-state index is 12.5. The monoisotopic (exact) mass is 295 g/mol. The van der Waals surface area contributed by atoms with Crippen LogP contribution >= 0.6 is 0 Å². The van der Waals surface area contributed by atoms with E-state index in [0.717, 1.165) is 12.5 Å². The summed E-state index contributed by atoms with van der Waals surface area (Å²) in [4.78, 5) is 16.8. The van der Waals surface area contributed by atoms with Crippen LogP contribution in [-0.2, 0) is 4.79 Å².